The lowest BCUT2D eigenvalue weighted by Gasteiger charge is -2.28. The molecule has 0 saturated heterocycles. The Morgan fingerprint density at radius 3 is 2.61 bits per heavy atom. The van der Waals surface area contributed by atoms with Gasteiger partial charge in [0.05, 0.1) is 0 Å². The first-order valence-corrected chi connectivity index (χ1v) is 6.70. The van der Waals surface area contributed by atoms with Crippen LogP contribution < -0.4 is 11.1 Å². The molecule has 104 valence electrons. The fourth-order valence-electron chi connectivity index (χ4n) is 2.75. The minimum atomic E-state index is -1.16. The lowest BCUT2D eigenvalue weighted by atomic mass is 9.91. The van der Waals surface area contributed by atoms with Crippen molar-refractivity contribution in [2.75, 3.05) is 6.54 Å². The second kappa shape index (κ2) is 6.18. The molecular weight excluding hydrogens is 232 g/mol. The van der Waals surface area contributed by atoms with Gasteiger partial charge in [0.1, 0.15) is 5.54 Å². The van der Waals surface area contributed by atoms with E-state index in [1.807, 2.05) is 6.92 Å². The first-order valence-electron chi connectivity index (χ1n) is 6.70. The molecule has 1 rings (SSSR count). The van der Waals surface area contributed by atoms with E-state index in [2.05, 4.69) is 5.32 Å². The second-order valence-electron chi connectivity index (χ2n) is 5.41. The van der Waals surface area contributed by atoms with E-state index in [-0.39, 0.29) is 17.7 Å². The number of amides is 1. The monoisotopic (exact) mass is 256 g/mol. The van der Waals surface area contributed by atoms with Crippen molar-refractivity contribution in [2.24, 2.45) is 17.6 Å². The third kappa shape index (κ3) is 3.22. The molecule has 5 nitrogen and oxygen atoms in total. The van der Waals surface area contributed by atoms with Gasteiger partial charge in [-0.05, 0) is 38.6 Å². The van der Waals surface area contributed by atoms with Crippen LogP contribution in [0.3, 0.4) is 0 Å². The third-order valence-electron chi connectivity index (χ3n) is 3.92. The minimum Gasteiger partial charge on any atom is -0.480 e. The first-order chi connectivity index (χ1) is 8.44. The number of carbonyl (C=O) groups is 2. The molecule has 18 heavy (non-hydrogen) atoms. The van der Waals surface area contributed by atoms with Gasteiger partial charge in [-0.3, -0.25) is 4.79 Å². The number of nitrogens with two attached hydrogens (primary N) is 1. The standard InChI is InChI=1S/C13H24N2O3/c1-3-7-13(2,12(17)18)15-11(16)10-6-4-5-9(10)8-14/h9-10H,3-8,14H2,1-2H3,(H,15,16)(H,17,18). The molecule has 0 bridgehead atoms. The number of hydrogen-bond donors (Lipinski definition) is 3. The van der Waals surface area contributed by atoms with Crippen molar-refractivity contribution in [2.45, 2.75) is 51.5 Å². The van der Waals surface area contributed by atoms with Crippen molar-refractivity contribution < 1.29 is 14.7 Å². The number of aliphatic carboxylic acids is 1. The van der Waals surface area contributed by atoms with Gasteiger partial charge in [-0.15, -0.1) is 0 Å². The van der Waals surface area contributed by atoms with Crippen LogP contribution in [0.5, 0.6) is 0 Å². The Morgan fingerprint density at radius 2 is 2.11 bits per heavy atom. The molecule has 0 aromatic carbocycles. The van der Waals surface area contributed by atoms with Gasteiger partial charge in [-0.1, -0.05) is 19.8 Å². The van der Waals surface area contributed by atoms with Crippen LogP contribution in [-0.2, 0) is 9.59 Å². The number of carbonyl (C=O) groups excluding carboxylic acids is 1. The predicted molar refractivity (Wildman–Crippen MR) is 69.0 cm³/mol. The maximum absolute atomic E-state index is 12.2. The molecule has 0 spiro atoms. The molecule has 1 fully saturated rings. The second-order valence-corrected chi connectivity index (χ2v) is 5.41. The van der Waals surface area contributed by atoms with Gasteiger partial charge in [0.2, 0.25) is 5.91 Å². The van der Waals surface area contributed by atoms with E-state index >= 15 is 0 Å². The number of hydrogen-bond acceptors (Lipinski definition) is 3. The molecule has 0 heterocycles. The molecule has 1 saturated carbocycles. The summed E-state index contributed by atoms with van der Waals surface area (Å²) in [7, 11) is 0. The number of carboxylic acid groups (broad SMARTS) is 1. The summed E-state index contributed by atoms with van der Waals surface area (Å²) >= 11 is 0. The summed E-state index contributed by atoms with van der Waals surface area (Å²) in [5.74, 6) is -1.04. The lowest BCUT2D eigenvalue weighted by Crippen LogP contribution is -2.54. The van der Waals surface area contributed by atoms with E-state index in [9.17, 15) is 14.7 Å². The summed E-state index contributed by atoms with van der Waals surface area (Å²) in [6.45, 7) is 3.98. The van der Waals surface area contributed by atoms with Gasteiger partial charge in [0, 0.05) is 5.92 Å². The Bertz CT molecular complexity index is 319. The Morgan fingerprint density at radius 1 is 1.44 bits per heavy atom. The lowest BCUT2D eigenvalue weighted by molar-refractivity contribution is -0.148. The largest absolute Gasteiger partial charge is 0.480 e. The van der Waals surface area contributed by atoms with Crippen LogP contribution >= 0.6 is 0 Å². The highest BCUT2D eigenvalue weighted by atomic mass is 16.4. The van der Waals surface area contributed by atoms with E-state index in [1.54, 1.807) is 6.92 Å². The average molecular weight is 256 g/mol. The highest BCUT2D eigenvalue weighted by molar-refractivity contribution is 5.88. The van der Waals surface area contributed by atoms with E-state index in [0.717, 1.165) is 19.3 Å². The molecule has 1 aliphatic rings. The summed E-state index contributed by atoms with van der Waals surface area (Å²) in [6.07, 6.45) is 3.93. The van der Waals surface area contributed by atoms with Crippen molar-refractivity contribution in [3.63, 3.8) is 0 Å². The Balaban J connectivity index is 2.69. The quantitative estimate of drug-likeness (QED) is 0.664. The van der Waals surface area contributed by atoms with E-state index in [4.69, 9.17) is 5.73 Å². The molecular formula is C13H24N2O3. The third-order valence-corrected chi connectivity index (χ3v) is 3.92. The van der Waals surface area contributed by atoms with Gasteiger partial charge in [-0.2, -0.15) is 0 Å². The van der Waals surface area contributed by atoms with Crippen LogP contribution in [0.1, 0.15) is 46.0 Å². The Labute approximate surface area is 108 Å². The average Bonchev–Trinajstić information content (AvgIpc) is 2.76. The summed E-state index contributed by atoms with van der Waals surface area (Å²) in [6, 6.07) is 0. The smallest absolute Gasteiger partial charge is 0.329 e. The van der Waals surface area contributed by atoms with Crippen molar-refractivity contribution in [1.29, 1.82) is 0 Å². The van der Waals surface area contributed by atoms with Crippen LogP contribution in [0.25, 0.3) is 0 Å². The first kappa shape index (κ1) is 15.0. The Hall–Kier alpha value is -1.10. The van der Waals surface area contributed by atoms with Gasteiger partial charge in [-0.25, -0.2) is 4.79 Å². The van der Waals surface area contributed by atoms with Crippen LogP contribution in [-0.4, -0.2) is 29.1 Å². The van der Waals surface area contributed by atoms with Crippen LogP contribution in [0.15, 0.2) is 0 Å². The molecule has 0 aromatic heterocycles. The topological polar surface area (TPSA) is 92.4 Å². The van der Waals surface area contributed by atoms with Crippen molar-refractivity contribution in [3.05, 3.63) is 0 Å². The van der Waals surface area contributed by atoms with Crippen molar-refractivity contribution in [3.8, 4) is 0 Å². The zero-order chi connectivity index (χ0) is 13.8. The van der Waals surface area contributed by atoms with E-state index < -0.39 is 11.5 Å². The zero-order valence-electron chi connectivity index (χ0n) is 11.2. The summed E-state index contributed by atoms with van der Waals surface area (Å²) in [4.78, 5) is 23.5. The highest BCUT2D eigenvalue weighted by Gasteiger charge is 2.39. The van der Waals surface area contributed by atoms with E-state index in [0.29, 0.717) is 19.4 Å². The summed E-state index contributed by atoms with van der Waals surface area (Å²) in [5, 5.41) is 11.9. The molecule has 1 aliphatic carbocycles. The van der Waals surface area contributed by atoms with Crippen LogP contribution in [0.4, 0.5) is 0 Å². The Kier molecular flexibility index (Phi) is 5.14. The maximum Gasteiger partial charge on any atom is 0.329 e. The maximum atomic E-state index is 12.2. The number of nitrogens with one attached hydrogen (secondary N) is 1. The molecule has 0 aliphatic heterocycles. The molecule has 3 unspecified atom stereocenters. The SMILES string of the molecule is CCCC(C)(NC(=O)C1CCCC1CN)C(=O)O. The van der Waals surface area contributed by atoms with Crippen LogP contribution in [0, 0.1) is 11.8 Å². The highest BCUT2D eigenvalue weighted by Crippen LogP contribution is 2.31. The fourth-order valence-corrected chi connectivity index (χ4v) is 2.75. The minimum absolute atomic E-state index is 0.120. The number of carboxylic acids is 1. The molecule has 0 aromatic rings. The summed E-state index contributed by atoms with van der Waals surface area (Å²) in [5.41, 5.74) is 4.49. The predicted octanol–water partition coefficient (Wildman–Crippen LogP) is 1.12. The van der Waals surface area contributed by atoms with E-state index in [1.165, 1.54) is 0 Å². The molecule has 5 heteroatoms. The molecule has 0 radical (unpaired) electrons. The molecule has 3 atom stereocenters. The normalized spacial score (nSPS) is 26.6. The molecule has 4 N–H and O–H groups in total. The number of rotatable bonds is 6. The van der Waals surface area contributed by atoms with Gasteiger partial charge in [0.15, 0.2) is 0 Å². The van der Waals surface area contributed by atoms with Gasteiger partial charge in [0.25, 0.3) is 0 Å². The van der Waals surface area contributed by atoms with Crippen molar-refractivity contribution >= 4 is 11.9 Å². The van der Waals surface area contributed by atoms with Crippen LogP contribution in [0.2, 0.25) is 0 Å². The summed E-state index contributed by atoms with van der Waals surface area (Å²) < 4.78 is 0. The van der Waals surface area contributed by atoms with Gasteiger partial charge >= 0.3 is 5.97 Å². The van der Waals surface area contributed by atoms with Gasteiger partial charge < -0.3 is 16.2 Å². The zero-order valence-corrected chi connectivity index (χ0v) is 11.2. The molecule has 1 amide bonds. The van der Waals surface area contributed by atoms with Crippen molar-refractivity contribution in [1.82, 2.24) is 5.32 Å². The fraction of sp³-hybridized carbons (Fsp3) is 0.846.